The molecule has 1 aliphatic carbocycles. The predicted molar refractivity (Wildman–Crippen MR) is 116 cm³/mol. The third-order valence-electron chi connectivity index (χ3n) is 7.50. The minimum Gasteiger partial charge on any atom is -0.347 e. The molecule has 1 N–H and O–H groups in total. The van der Waals surface area contributed by atoms with Crippen LogP contribution in [0, 0.1) is 11.2 Å². The summed E-state index contributed by atoms with van der Waals surface area (Å²) in [5.74, 6) is 0.898. The molecule has 1 saturated carbocycles. The molecular weight excluding hydrogens is 409 g/mol. The second kappa shape index (κ2) is 8.64. The number of amides is 2. The maximum atomic E-state index is 13.5. The molecule has 2 amide bonds. The third-order valence-corrected chi connectivity index (χ3v) is 7.50. The van der Waals surface area contributed by atoms with Crippen LogP contribution in [0.1, 0.15) is 67.0 Å². The average molecular weight is 440 g/mol. The maximum absolute atomic E-state index is 13.5. The minimum atomic E-state index is -0.312. The molecule has 3 heterocycles. The molecule has 5 rings (SSSR count). The summed E-state index contributed by atoms with van der Waals surface area (Å²) in [5, 5.41) is 11.6. The lowest BCUT2D eigenvalue weighted by molar-refractivity contribution is -0.129. The van der Waals surface area contributed by atoms with Crippen molar-refractivity contribution >= 4 is 11.8 Å². The third kappa shape index (κ3) is 4.27. The van der Waals surface area contributed by atoms with Crippen molar-refractivity contribution in [3.63, 3.8) is 0 Å². The summed E-state index contributed by atoms with van der Waals surface area (Å²) >= 11 is 0. The molecule has 2 aliphatic heterocycles. The molecule has 1 atom stereocenters. The van der Waals surface area contributed by atoms with Gasteiger partial charge in [-0.2, -0.15) is 0 Å². The molecule has 2 aromatic rings. The number of hydrogen-bond donors (Lipinski definition) is 1. The summed E-state index contributed by atoms with van der Waals surface area (Å²) in [6.45, 7) is 2.13. The van der Waals surface area contributed by atoms with Gasteiger partial charge in [-0.3, -0.25) is 9.59 Å². The first-order valence-electron chi connectivity index (χ1n) is 11.8. The summed E-state index contributed by atoms with van der Waals surface area (Å²) < 4.78 is 15.4. The number of aryl methyl sites for hydroxylation is 1. The van der Waals surface area contributed by atoms with Crippen LogP contribution in [0.5, 0.6) is 0 Å². The van der Waals surface area contributed by atoms with Gasteiger partial charge in [-0.15, -0.1) is 10.2 Å². The van der Waals surface area contributed by atoms with E-state index in [0.29, 0.717) is 24.5 Å². The Morgan fingerprint density at radius 2 is 1.94 bits per heavy atom. The van der Waals surface area contributed by atoms with Crippen LogP contribution >= 0.6 is 0 Å². The fraction of sp³-hybridized carbons (Fsp3) is 0.583. The highest BCUT2D eigenvalue weighted by Gasteiger charge is 2.41. The highest BCUT2D eigenvalue weighted by Crippen LogP contribution is 2.41. The lowest BCUT2D eigenvalue weighted by Gasteiger charge is -2.27. The number of nitrogens with zero attached hydrogens (tertiary/aromatic N) is 4. The second-order valence-electron chi connectivity index (χ2n) is 9.67. The van der Waals surface area contributed by atoms with E-state index in [2.05, 4.69) is 15.5 Å². The number of nitrogens with one attached hydrogen (secondary N) is 1. The highest BCUT2D eigenvalue weighted by atomic mass is 19.1. The lowest BCUT2D eigenvalue weighted by Crippen LogP contribution is -2.35. The number of likely N-dealkylation sites (tertiary alicyclic amines) is 1. The van der Waals surface area contributed by atoms with E-state index in [-0.39, 0.29) is 35.5 Å². The zero-order valence-corrected chi connectivity index (χ0v) is 18.4. The predicted octanol–water partition coefficient (Wildman–Crippen LogP) is 2.89. The van der Waals surface area contributed by atoms with E-state index in [0.717, 1.165) is 50.9 Å². The fourth-order valence-electron chi connectivity index (χ4n) is 5.58. The zero-order valence-electron chi connectivity index (χ0n) is 18.4. The van der Waals surface area contributed by atoms with Gasteiger partial charge in [0.2, 0.25) is 11.7 Å². The molecular formula is C24H30FN5O2. The average Bonchev–Trinajstić information content (AvgIpc) is 3.49. The summed E-state index contributed by atoms with van der Waals surface area (Å²) in [6, 6.07) is 6.51. The largest absolute Gasteiger partial charge is 0.347 e. The van der Waals surface area contributed by atoms with Gasteiger partial charge in [0.05, 0.1) is 6.42 Å². The van der Waals surface area contributed by atoms with E-state index in [4.69, 9.17) is 0 Å². The molecule has 1 aromatic heterocycles. The van der Waals surface area contributed by atoms with E-state index in [1.807, 2.05) is 9.47 Å². The number of hydrogen-bond acceptors (Lipinski definition) is 4. The lowest BCUT2D eigenvalue weighted by atomic mass is 9.80. The molecule has 1 saturated heterocycles. The van der Waals surface area contributed by atoms with Gasteiger partial charge in [0.15, 0.2) is 0 Å². The standard InChI is InChI=1S/C24H30FN5O2/c25-18-5-3-4-17(14-18)15-21(31)29-12-10-24(16-29)9-8-20-27-28-22(30(20)13-11-24)23(32)26-19-6-1-2-7-19/h3-5,14,19H,1-2,6-13,15-16H2,(H,26,32)/t24-/m0/s1. The SMILES string of the molecule is O=C(NC1CCCC1)c1nnc2n1CC[C@]1(CC2)CCN(C(=O)Cc2cccc(F)c2)C1. The normalized spacial score (nSPS) is 23.3. The Morgan fingerprint density at radius 1 is 1.12 bits per heavy atom. The van der Waals surface area contributed by atoms with Crippen LogP contribution in [0.3, 0.4) is 0 Å². The van der Waals surface area contributed by atoms with Crippen LogP contribution in [0.25, 0.3) is 0 Å². The Bertz CT molecular complexity index is 1020. The topological polar surface area (TPSA) is 80.1 Å². The number of carbonyl (C=O) groups excluding carboxylic acids is 2. The number of aromatic nitrogens is 3. The Labute approximate surface area is 187 Å². The summed E-state index contributed by atoms with van der Waals surface area (Å²) in [7, 11) is 0. The van der Waals surface area contributed by atoms with Gasteiger partial charge in [-0.25, -0.2) is 4.39 Å². The van der Waals surface area contributed by atoms with Gasteiger partial charge in [0.25, 0.3) is 5.91 Å². The van der Waals surface area contributed by atoms with Gasteiger partial charge in [0.1, 0.15) is 11.6 Å². The molecule has 1 spiro atoms. The zero-order chi connectivity index (χ0) is 22.1. The van der Waals surface area contributed by atoms with Crippen molar-refractivity contribution in [2.24, 2.45) is 5.41 Å². The molecule has 0 radical (unpaired) electrons. The fourth-order valence-corrected chi connectivity index (χ4v) is 5.58. The first kappa shape index (κ1) is 21.1. The van der Waals surface area contributed by atoms with Gasteiger partial charge in [0, 0.05) is 32.1 Å². The second-order valence-corrected chi connectivity index (χ2v) is 9.67. The number of halogens is 1. The number of carbonyl (C=O) groups is 2. The Kier molecular flexibility index (Phi) is 5.69. The van der Waals surface area contributed by atoms with Crippen molar-refractivity contribution in [2.45, 2.75) is 70.4 Å². The summed E-state index contributed by atoms with van der Waals surface area (Å²) in [5.41, 5.74) is 0.748. The van der Waals surface area contributed by atoms with Crippen molar-refractivity contribution < 1.29 is 14.0 Å². The molecule has 170 valence electrons. The first-order valence-corrected chi connectivity index (χ1v) is 11.8. The highest BCUT2D eigenvalue weighted by molar-refractivity contribution is 5.91. The van der Waals surface area contributed by atoms with Gasteiger partial charge in [-0.1, -0.05) is 25.0 Å². The smallest absolute Gasteiger partial charge is 0.289 e. The van der Waals surface area contributed by atoms with Crippen molar-refractivity contribution in [2.75, 3.05) is 13.1 Å². The van der Waals surface area contributed by atoms with Crippen molar-refractivity contribution in [1.82, 2.24) is 25.0 Å². The monoisotopic (exact) mass is 439 g/mol. The van der Waals surface area contributed by atoms with E-state index >= 15 is 0 Å². The van der Waals surface area contributed by atoms with E-state index in [1.54, 1.807) is 12.1 Å². The van der Waals surface area contributed by atoms with Crippen LogP contribution in [0.2, 0.25) is 0 Å². The van der Waals surface area contributed by atoms with Crippen molar-refractivity contribution in [1.29, 1.82) is 0 Å². The van der Waals surface area contributed by atoms with Crippen LogP contribution in [0.4, 0.5) is 4.39 Å². The van der Waals surface area contributed by atoms with Crippen LogP contribution in [0.15, 0.2) is 24.3 Å². The Morgan fingerprint density at radius 3 is 2.75 bits per heavy atom. The van der Waals surface area contributed by atoms with E-state index in [9.17, 15) is 14.0 Å². The molecule has 2 fully saturated rings. The van der Waals surface area contributed by atoms with Gasteiger partial charge < -0.3 is 14.8 Å². The summed E-state index contributed by atoms with van der Waals surface area (Å²) in [6.07, 6.45) is 8.17. The van der Waals surface area contributed by atoms with Crippen LogP contribution in [-0.4, -0.2) is 50.6 Å². The molecule has 0 unspecified atom stereocenters. The van der Waals surface area contributed by atoms with Crippen molar-refractivity contribution in [3.8, 4) is 0 Å². The molecule has 8 heteroatoms. The summed E-state index contributed by atoms with van der Waals surface area (Å²) in [4.78, 5) is 27.5. The minimum absolute atomic E-state index is 0.0392. The number of benzene rings is 1. The number of rotatable bonds is 4. The molecule has 1 aromatic carbocycles. The Balaban J connectivity index is 1.22. The van der Waals surface area contributed by atoms with Gasteiger partial charge in [-0.05, 0) is 55.2 Å². The molecule has 7 nitrogen and oxygen atoms in total. The molecule has 32 heavy (non-hydrogen) atoms. The van der Waals surface area contributed by atoms with Gasteiger partial charge >= 0.3 is 0 Å². The van der Waals surface area contributed by atoms with Crippen LogP contribution < -0.4 is 5.32 Å². The Hall–Kier alpha value is -2.77. The van der Waals surface area contributed by atoms with E-state index in [1.165, 1.54) is 25.0 Å². The molecule has 0 bridgehead atoms. The quantitative estimate of drug-likeness (QED) is 0.795. The number of fused-ring (bicyclic) bond motifs is 1. The van der Waals surface area contributed by atoms with Crippen LogP contribution in [-0.2, 0) is 24.2 Å². The first-order chi connectivity index (χ1) is 15.5. The van der Waals surface area contributed by atoms with Crippen molar-refractivity contribution in [3.05, 3.63) is 47.3 Å². The molecule has 3 aliphatic rings. The maximum Gasteiger partial charge on any atom is 0.289 e. The van der Waals surface area contributed by atoms with E-state index < -0.39 is 0 Å².